The van der Waals surface area contributed by atoms with E-state index in [1.807, 2.05) is 30.2 Å². The van der Waals surface area contributed by atoms with Crippen LogP contribution >= 0.6 is 27.7 Å². The van der Waals surface area contributed by atoms with Crippen LogP contribution in [-0.4, -0.2) is 28.7 Å². The van der Waals surface area contributed by atoms with Gasteiger partial charge in [-0.2, -0.15) is 0 Å². The number of amides is 1. The van der Waals surface area contributed by atoms with E-state index in [4.69, 9.17) is 0 Å². The number of carbonyl (C=O) groups excluding carboxylic acids is 1. The minimum atomic E-state index is -0.148. The van der Waals surface area contributed by atoms with Crippen LogP contribution in [0.1, 0.15) is 23.2 Å². The van der Waals surface area contributed by atoms with Crippen molar-refractivity contribution in [2.75, 3.05) is 17.7 Å². The molecular weight excluding hydrogens is 390 g/mol. The maximum atomic E-state index is 12.6. The second-order valence-electron chi connectivity index (χ2n) is 5.71. The first kappa shape index (κ1) is 17.2. The smallest absolute Gasteiger partial charge is 0.254 e. The number of rotatable bonds is 4. The molecule has 0 bridgehead atoms. The molecule has 2 aromatic rings. The van der Waals surface area contributed by atoms with E-state index < -0.39 is 0 Å². The Morgan fingerprint density at radius 3 is 2.96 bits per heavy atom. The van der Waals surface area contributed by atoms with E-state index in [0.717, 1.165) is 16.6 Å². The van der Waals surface area contributed by atoms with Gasteiger partial charge in [0.1, 0.15) is 0 Å². The summed E-state index contributed by atoms with van der Waals surface area (Å²) in [7, 11) is 0. The molecule has 1 aromatic heterocycles. The van der Waals surface area contributed by atoms with Gasteiger partial charge in [-0.3, -0.25) is 9.59 Å². The third-order valence-corrected chi connectivity index (χ3v) is 5.29. The number of hydrogen-bond acceptors (Lipinski definition) is 4. The number of hydrogen-bond donors (Lipinski definition) is 1. The summed E-state index contributed by atoms with van der Waals surface area (Å²) >= 11 is 4.86. The highest BCUT2D eigenvalue weighted by molar-refractivity contribution is 9.10. The van der Waals surface area contributed by atoms with Crippen LogP contribution < -0.4 is 10.5 Å². The van der Waals surface area contributed by atoms with Crippen LogP contribution in [0.2, 0.25) is 0 Å². The van der Waals surface area contributed by atoms with Crippen LogP contribution in [0, 0.1) is 6.92 Å². The largest absolute Gasteiger partial charge is 0.312 e. The molecule has 0 saturated carbocycles. The van der Waals surface area contributed by atoms with Gasteiger partial charge in [0, 0.05) is 34.4 Å². The predicted octanol–water partition coefficient (Wildman–Crippen LogP) is 3.08. The molecule has 7 heteroatoms. The molecule has 1 amide bonds. The average molecular weight is 408 g/mol. The van der Waals surface area contributed by atoms with Gasteiger partial charge in [-0.1, -0.05) is 27.7 Å². The van der Waals surface area contributed by atoms with Crippen molar-refractivity contribution in [2.24, 2.45) is 0 Å². The van der Waals surface area contributed by atoms with E-state index in [2.05, 4.69) is 32.0 Å². The zero-order valence-electron chi connectivity index (χ0n) is 13.6. The van der Waals surface area contributed by atoms with Crippen molar-refractivity contribution in [1.29, 1.82) is 0 Å². The molecule has 0 unspecified atom stereocenters. The highest BCUT2D eigenvalue weighted by Gasteiger charge is 2.24. The lowest BCUT2D eigenvalue weighted by atomic mass is 10.1. The Kier molecular flexibility index (Phi) is 5.10. The van der Waals surface area contributed by atoms with E-state index in [-0.39, 0.29) is 11.5 Å². The lowest BCUT2D eigenvalue weighted by Crippen LogP contribution is -2.30. The number of aromatic nitrogens is 2. The van der Waals surface area contributed by atoms with Gasteiger partial charge in [-0.25, -0.2) is 4.98 Å². The Balaban J connectivity index is 1.73. The van der Waals surface area contributed by atoms with Gasteiger partial charge in [0.25, 0.3) is 5.56 Å². The second-order valence-corrected chi connectivity index (χ2v) is 7.42. The van der Waals surface area contributed by atoms with E-state index in [1.54, 1.807) is 0 Å². The molecule has 1 aromatic carbocycles. The number of H-pyrrole nitrogens is 1. The van der Waals surface area contributed by atoms with Gasteiger partial charge in [0.2, 0.25) is 5.91 Å². The number of nitrogens with zero attached hydrogens (tertiary/aromatic N) is 2. The van der Waals surface area contributed by atoms with Crippen LogP contribution in [0.5, 0.6) is 0 Å². The van der Waals surface area contributed by atoms with Crippen LogP contribution in [0.3, 0.4) is 0 Å². The summed E-state index contributed by atoms with van der Waals surface area (Å²) in [5.74, 6) is 0.0452. The molecule has 0 aliphatic carbocycles. The van der Waals surface area contributed by atoms with Crippen molar-refractivity contribution in [3.8, 4) is 0 Å². The Labute approximate surface area is 153 Å². The molecule has 1 N–H and O–H groups in total. The van der Waals surface area contributed by atoms with Crippen LogP contribution in [0.15, 0.2) is 32.6 Å². The molecule has 2 heterocycles. The predicted molar refractivity (Wildman–Crippen MR) is 99.9 cm³/mol. The summed E-state index contributed by atoms with van der Waals surface area (Å²) in [6.07, 6.45) is 3.44. The van der Waals surface area contributed by atoms with Gasteiger partial charge in [0.05, 0.1) is 0 Å². The average Bonchev–Trinajstić information content (AvgIpc) is 2.96. The summed E-state index contributed by atoms with van der Waals surface area (Å²) in [6.45, 7) is 2.51. The minimum absolute atomic E-state index is 0.0452. The number of fused-ring (bicyclic) bond motifs is 1. The molecule has 24 heavy (non-hydrogen) atoms. The topological polar surface area (TPSA) is 66.1 Å². The van der Waals surface area contributed by atoms with Crippen LogP contribution in [0.25, 0.3) is 0 Å². The molecule has 1 aliphatic heterocycles. The first-order valence-electron chi connectivity index (χ1n) is 7.72. The van der Waals surface area contributed by atoms with Gasteiger partial charge in [-0.15, -0.1) is 0 Å². The third-order valence-electron chi connectivity index (χ3n) is 4.22. The highest BCUT2D eigenvalue weighted by Crippen LogP contribution is 2.31. The molecule has 0 spiro atoms. The summed E-state index contributed by atoms with van der Waals surface area (Å²) in [5, 5.41) is 0.603. The molecule has 5 nitrogen and oxygen atoms in total. The van der Waals surface area contributed by atoms with E-state index >= 15 is 0 Å². The molecule has 0 saturated heterocycles. The Hall–Kier alpha value is -1.60. The standard InChI is InChI=1S/C17H18BrN3O2S/c1-10-13(16(23)20-17(19-10)24-2)4-6-15(22)21-8-7-11-9-12(18)3-5-14(11)21/h3,5,9H,4,6-8H2,1-2H3,(H,19,20,23). The van der Waals surface area contributed by atoms with Crippen LogP contribution in [0.4, 0.5) is 5.69 Å². The van der Waals surface area contributed by atoms with E-state index in [1.165, 1.54) is 17.3 Å². The van der Waals surface area contributed by atoms with Gasteiger partial charge in [-0.05, 0) is 49.8 Å². The van der Waals surface area contributed by atoms with Crippen molar-refractivity contribution < 1.29 is 4.79 Å². The fourth-order valence-electron chi connectivity index (χ4n) is 2.97. The molecule has 0 fully saturated rings. The Morgan fingerprint density at radius 2 is 2.25 bits per heavy atom. The summed E-state index contributed by atoms with van der Waals surface area (Å²) in [6, 6.07) is 5.98. The summed E-state index contributed by atoms with van der Waals surface area (Å²) < 4.78 is 1.03. The van der Waals surface area contributed by atoms with Gasteiger partial charge in [0.15, 0.2) is 5.16 Å². The fraction of sp³-hybridized carbons (Fsp3) is 0.353. The number of halogens is 1. The number of anilines is 1. The minimum Gasteiger partial charge on any atom is -0.312 e. The lowest BCUT2D eigenvalue weighted by Gasteiger charge is -2.17. The molecule has 3 rings (SSSR count). The fourth-order valence-corrected chi connectivity index (χ4v) is 3.80. The SMILES string of the molecule is CSc1nc(C)c(CCC(=O)N2CCc3cc(Br)ccc32)c(=O)[nH]1. The Bertz CT molecular complexity index is 850. The normalized spacial score (nSPS) is 13.2. The van der Waals surface area contributed by atoms with Crippen molar-refractivity contribution in [2.45, 2.75) is 31.3 Å². The quantitative estimate of drug-likeness (QED) is 0.624. The van der Waals surface area contributed by atoms with Crippen LogP contribution in [-0.2, 0) is 17.6 Å². The second kappa shape index (κ2) is 7.11. The zero-order chi connectivity index (χ0) is 17.3. The maximum Gasteiger partial charge on any atom is 0.254 e. The van der Waals surface area contributed by atoms with Crippen molar-refractivity contribution in [3.05, 3.63) is 49.8 Å². The summed E-state index contributed by atoms with van der Waals surface area (Å²) in [4.78, 5) is 33.7. The molecule has 0 atom stereocenters. The third kappa shape index (κ3) is 3.42. The number of aryl methyl sites for hydroxylation is 1. The van der Waals surface area contributed by atoms with Crippen molar-refractivity contribution in [1.82, 2.24) is 9.97 Å². The van der Waals surface area contributed by atoms with Gasteiger partial charge >= 0.3 is 0 Å². The van der Waals surface area contributed by atoms with E-state index in [9.17, 15) is 9.59 Å². The Morgan fingerprint density at radius 1 is 1.46 bits per heavy atom. The number of thioether (sulfide) groups is 1. The monoisotopic (exact) mass is 407 g/mol. The van der Waals surface area contributed by atoms with E-state index in [0.29, 0.717) is 35.8 Å². The molecular formula is C17H18BrN3O2S. The first-order valence-corrected chi connectivity index (χ1v) is 9.74. The number of benzene rings is 1. The number of aromatic amines is 1. The van der Waals surface area contributed by atoms with Crippen molar-refractivity contribution >= 4 is 39.3 Å². The zero-order valence-corrected chi connectivity index (χ0v) is 16.0. The van der Waals surface area contributed by atoms with Gasteiger partial charge < -0.3 is 9.88 Å². The first-order chi connectivity index (χ1) is 11.5. The maximum absolute atomic E-state index is 12.6. The lowest BCUT2D eigenvalue weighted by molar-refractivity contribution is -0.118. The molecule has 1 aliphatic rings. The number of nitrogens with one attached hydrogen (secondary N) is 1. The summed E-state index contributed by atoms with van der Waals surface area (Å²) in [5.41, 5.74) is 3.30. The van der Waals surface area contributed by atoms with Crippen molar-refractivity contribution in [3.63, 3.8) is 0 Å². The number of carbonyl (C=O) groups is 1. The molecule has 126 valence electrons. The highest BCUT2D eigenvalue weighted by atomic mass is 79.9. The molecule has 0 radical (unpaired) electrons.